The average Bonchev–Trinajstić information content (AvgIpc) is 2.82. The summed E-state index contributed by atoms with van der Waals surface area (Å²) in [5.41, 5.74) is 4.13. The summed E-state index contributed by atoms with van der Waals surface area (Å²) in [7, 11) is 0. The van der Waals surface area contributed by atoms with Crippen LogP contribution in [-0.2, 0) is 0 Å². The monoisotopic (exact) mass is 232 g/mol. The summed E-state index contributed by atoms with van der Waals surface area (Å²) >= 11 is 1.52. The van der Waals surface area contributed by atoms with Crippen LogP contribution >= 0.6 is 11.3 Å². The number of thiophene rings is 1. The van der Waals surface area contributed by atoms with Crippen molar-refractivity contribution in [3.05, 3.63) is 52.2 Å². The maximum absolute atomic E-state index is 9.04. The highest BCUT2D eigenvalue weighted by molar-refractivity contribution is 7.12. The van der Waals surface area contributed by atoms with Gasteiger partial charge >= 0.3 is 0 Å². The van der Waals surface area contributed by atoms with Crippen LogP contribution in [0.1, 0.15) is 10.4 Å². The molecule has 1 heterocycles. The van der Waals surface area contributed by atoms with E-state index in [4.69, 9.17) is 5.21 Å². The van der Waals surface area contributed by atoms with E-state index in [1.807, 2.05) is 48.7 Å². The Morgan fingerprint density at radius 3 is 2.56 bits per heavy atom. The van der Waals surface area contributed by atoms with Crippen LogP contribution in [0.5, 0.6) is 0 Å². The van der Waals surface area contributed by atoms with Gasteiger partial charge in [-0.3, -0.25) is 10.7 Å². The van der Waals surface area contributed by atoms with Crippen molar-refractivity contribution < 1.29 is 5.21 Å². The zero-order valence-electron chi connectivity index (χ0n) is 8.84. The first kappa shape index (κ1) is 10.9. The Morgan fingerprint density at radius 2 is 2.00 bits per heavy atom. The van der Waals surface area contributed by atoms with Gasteiger partial charge in [0.25, 0.3) is 0 Å². The number of amidine groups is 1. The van der Waals surface area contributed by atoms with Gasteiger partial charge in [-0.1, -0.05) is 23.8 Å². The third-order valence-corrected chi connectivity index (χ3v) is 3.01. The van der Waals surface area contributed by atoms with Crippen LogP contribution in [0.2, 0.25) is 0 Å². The highest BCUT2D eigenvalue weighted by Crippen LogP contribution is 2.16. The number of hydrogen-bond acceptors (Lipinski definition) is 3. The Kier molecular flexibility index (Phi) is 3.34. The minimum Gasteiger partial charge on any atom is -0.290 e. The fourth-order valence-electron chi connectivity index (χ4n) is 1.30. The quantitative estimate of drug-likeness (QED) is 0.474. The Balaban J connectivity index is 2.31. The molecule has 16 heavy (non-hydrogen) atoms. The van der Waals surface area contributed by atoms with E-state index in [9.17, 15) is 0 Å². The standard InChI is InChI=1S/C12H12N2OS/c1-9-4-6-10(7-5-9)13-12(14-15)11-3-2-8-16-11/h2-8,15H,1H3,(H,13,14). The molecule has 0 unspecified atom stereocenters. The summed E-state index contributed by atoms with van der Waals surface area (Å²) in [6.45, 7) is 2.03. The van der Waals surface area contributed by atoms with Gasteiger partial charge in [0, 0.05) is 0 Å². The van der Waals surface area contributed by atoms with Crippen molar-refractivity contribution in [2.24, 2.45) is 4.99 Å². The first-order valence-corrected chi connectivity index (χ1v) is 5.77. The maximum Gasteiger partial charge on any atom is 0.167 e. The molecule has 0 aliphatic carbocycles. The number of aliphatic imine (C=N–C) groups is 1. The van der Waals surface area contributed by atoms with Crippen molar-refractivity contribution in [2.45, 2.75) is 6.92 Å². The molecule has 0 amide bonds. The summed E-state index contributed by atoms with van der Waals surface area (Å²) in [6.07, 6.45) is 0. The van der Waals surface area contributed by atoms with Gasteiger partial charge < -0.3 is 0 Å². The maximum atomic E-state index is 9.04. The molecule has 1 aromatic carbocycles. The molecule has 0 atom stereocenters. The minimum atomic E-state index is 0.471. The lowest BCUT2D eigenvalue weighted by Crippen LogP contribution is -2.18. The van der Waals surface area contributed by atoms with E-state index in [0.717, 1.165) is 10.6 Å². The first-order valence-electron chi connectivity index (χ1n) is 4.89. The van der Waals surface area contributed by atoms with Crippen LogP contribution in [-0.4, -0.2) is 11.0 Å². The largest absolute Gasteiger partial charge is 0.290 e. The third-order valence-electron chi connectivity index (χ3n) is 2.14. The number of hydrogen-bond donors (Lipinski definition) is 2. The van der Waals surface area contributed by atoms with E-state index in [0.29, 0.717) is 5.84 Å². The van der Waals surface area contributed by atoms with Gasteiger partial charge in [-0.25, -0.2) is 4.99 Å². The molecule has 0 saturated carbocycles. The molecular weight excluding hydrogens is 220 g/mol. The molecule has 0 bridgehead atoms. The van der Waals surface area contributed by atoms with Crippen LogP contribution in [0.4, 0.5) is 5.69 Å². The Hall–Kier alpha value is -1.65. The predicted molar refractivity (Wildman–Crippen MR) is 66.6 cm³/mol. The SMILES string of the molecule is Cc1ccc(N=C(NO)c2cccs2)cc1. The fourth-order valence-corrected chi connectivity index (χ4v) is 1.96. The van der Waals surface area contributed by atoms with Gasteiger partial charge in [0.2, 0.25) is 0 Å². The zero-order chi connectivity index (χ0) is 11.4. The molecule has 0 aliphatic heterocycles. The van der Waals surface area contributed by atoms with Crippen LogP contribution in [0.15, 0.2) is 46.8 Å². The highest BCUT2D eigenvalue weighted by Gasteiger charge is 2.02. The van der Waals surface area contributed by atoms with E-state index in [1.165, 1.54) is 16.9 Å². The lowest BCUT2D eigenvalue weighted by molar-refractivity contribution is 0.235. The van der Waals surface area contributed by atoms with Crippen molar-refractivity contribution >= 4 is 22.9 Å². The number of hydroxylamine groups is 1. The molecule has 2 N–H and O–H groups in total. The third kappa shape index (κ3) is 2.48. The van der Waals surface area contributed by atoms with Crippen LogP contribution in [0, 0.1) is 6.92 Å². The van der Waals surface area contributed by atoms with Gasteiger partial charge in [-0.2, -0.15) is 0 Å². The molecule has 0 radical (unpaired) electrons. The van der Waals surface area contributed by atoms with Crippen molar-refractivity contribution in [3.8, 4) is 0 Å². The lowest BCUT2D eigenvalue weighted by Gasteiger charge is -2.02. The number of rotatable bonds is 2. The van der Waals surface area contributed by atoms with Crippen LogP contribution in [0.25, 0.3) is 0 Å². The van der Waals surface area contributed by atoms with E-state index in [-0.39, 0.29) is 0 Å². The second kappa shape index (κ2) is 4.92. The van der Waals surface area contributed by atoms with Gasteiger partial charge in [0.05, 0.1) is 10.6 Å². The normalized spacial score (nSPS) is 11.5. The molecule has 82 valence electrons. The summed E-state index contributed by atoms with van der Waals surface area (Å²) in [4.78, 5) is 5.23. The highest BCUT2D eigenvalue weighted by atomic mass is 32.1. The second-order valence-corrected chi connectivity index (χ2v) is 4.33. The first-order chi connectivity index (χ1) is 7.79. The Morgan fingerprint density at radius 1 is 1.25 bits per heavy atom. The molecule has 2 aromatic rings. The van der Waals surface area contributed by atoms with E-state index in [2.05, 4.69) is 10.5 Å². The van der Waals surface area contributed by atoms with Gasteiger partial charge in [0.15, 0.2) is 5.84 Å². The van der Waals surface area contributed by atoms with Crippen molar-refractivity contribution in [2.75, 3.05) is 0 Å². The van der Waals surface area contributed by atoms with Crippen LogP contribution in [0.3, 0.4) is 0 Å². The molecule has 3 nitrogen and oxygen atoms in total. The molecule has 0 aliphatic rings. The van der Waals surface area contributed by atoms with Crippen LogP contribution < -0.4 is 5.48 Å². The topological polar surface area (TPSA) is 44.6 Å². The van der Waals surface area contributed by atoms with Crippen molar-refractivity contribution in [3.63, 3.8) is 0 Å². The summed E-state index contributed by atoms with van der Waals surface area (Å²) in [5.74, 6) is 0.471. The van der Waals surface area contributed by atoms with E-state index < -0.39 is 0 Å². The second-order valence-electron chi connectivity index (χ2n) is 3.39. The Bertz CT molecular complexity index is 474. The Labute approximate surface area is 98.1 Å². The lowest BCUT2D eigenvalue weighted by atomic mass is 10.2. The molecular formula is C12H12N2OS. The van der Waals surface area contributed by atoms with Gasteiger partial charge in [0.1, 0.15) is 0 Å². The molecule has 2 rings (SSSR count). The van der Waals surface area contributed by atoms with Gasteiger partial charge in [-0.15, -0.1) is 11.3 Å². The van der Waals surface area contributed by atoms with Crippen molar-refractivity contribution in [1.29, 1.82) is 0 Å². The van der Waals surface area contributed by atoms with E-state index in [1.54, 1.807) is 0 Å². The van der Waals surface area contributed by atoms with E-state index >= 15 is 0 Å². The van der Waals surface area contributed by atoms with Crippen molar-refractivity contribution in [1.82, 2.24) is 5.48 Å². The molecule has 1 aromatic heterocycles. The number of aryl methyl sites for hydroxylation is 1. The molecule has 0 fully saturated rings. The summed E-state index contributed by atoms with van der Waals surface area (Å²) in [6, 6.07) is 11.6. The summed E-state index contributed by atoms with van der Waals surface area (Å²) in [5, 5.41) is 11.0. The van der Waals surface area contributed by atoms with Gasteiger partial charge in [-0.05, 0) is 30.5 Å². The molecule has 0 spiro atoms. The molecule has 4 heteroatoms. The number of nitrogens with one attached hydrogen (secondary N) is 1. The zero-order valence-corrected chi connectivity index (χ0v) is 9.66. The predicted octanol–water partition coefficient (Wildman–Crippen LogP) is 3.11. The smallest absolute Gasteiger partial charge is 0.167 e. The number of nitrogens with zero attached hydrogens (tertiary/aromatic N) is 1. The number of benzene rings is 1. The minimum absolute atomic E-state index is 0.471. The summed E-state index contributed by atoms with van der Waals surface area (Å²) < 4.78 is 0. The fraction of sp³-hybridized carbons (Fsp3) is 0.0833. The average molecular weight is 232 g/mol. The molecule has 0 saturated heterocycles.